The van der Waals surface area contributed by atoms with Crippen LogP contribution in [0.4, 0.5) is 0 Å². The van der Waals surface area contributed by atoms with Gasteiger partial charge in [0.1, 0.15) is 0 Å². The number of carboxylic acid groups (broad SMARTS) is 2. The van der Waals surface area contributed by atoms with E-state index in [4.69, 9.17) is 36.1 Å². The summed E-state index contributed by atoms with van der Waals surface area (Å²) >= 11 is 6.42. The summed E-state index contributed by atoms with van der Waals surface area (Å²) in [6, 6.07) is 30.3. The molecule has 0 spiro atoms. The number of rotatable bonds is 6. The maximum Gasteiger partial charge on any atom is 0.414 e. The zero-order valence-corrected chi connectivity index (χ0v) is 20.6. The van der Waals surface area contributed by atoms with Gasteiger partial charge in [0.05, 0.1) is 12.7 Å². The molecule has 188 valence electrons. The van der Waals surface area contributed by atoms with Crippen LogP contribution in [0.1, 0.15) is 35.4 Å². The lowest BCUT2D eigenvalue weighted by atomic mass is 9.72. The van der Waals surface area contributed by atoms with Crippen molar-refractivity contribution < 1.29 is 24.5 Å². The Morgan fingerprint density at radius 1 is 0.833 bits per heavy atom. The summed E-state index contributed by atoms with van der Waals surface area (Å²) in [5, 5.41) is 15.6. The molecule has 3 fully saturated rings. The molecule has 0 radical (unpaired) electrons. The van der Waals surface area contributed by atoms with Gasteiger partial charge in [0, 0.05) is 17.0 Å². The highest BCUT2D eigenvalue weighted by Crippen LogP contribution is 2.43. The molecule has 3 aliphatic heterocycles. The third-order valence-corrected chi connectivity index (χ3v) is 7.40. The summed E-state index contributed by atoms with van der Waals surface area (Å²) in [5.41, 5.74) is 3.81. The van der Waals surface area contributed by atoms with Crippen molar-refractivity contribution in [3.05, 3.63) is 107 Å². The third kappa shape index (κ3) is 6.13. The molecule has 7 heteroatoms. The van der Waals surface area contributed by atoms with Crippen LogP contribution in [0.15, 0.2) is 84.9 Å². The number of carboxylic acids is 2. The zero-order chi connectivity index (χ0) is 25.5. The number of nitrogens with zero attached hydrogens (tertiary/aromatic N) is 1. The largest absolute Gasteiger partial charge is 0.473 e. The molecule has 2 bridgehead atoms. The Balaban J connectivity index is 0.000000455. The lowest BCUT2D eigenvalue weighted by Gasteiger charge is -2.53. The van der Waals surface area contributed by atoms with Crippen molar-refractivity contribution in [1.82, 2.24) is 4.90 Å². The summed E-state index contributed by atoms with van der Waals surface area (Å²) in [5.74, 6) is -2.74. The molecule has 3 aliphatic rings. The molecule has 3 aromatic rings. The van der Waals surface area contributed by atoms with Crippen molar-refractivity contribution in [2.24, 2.45) is 5.92 Å². The van der Waals surface area contributed by atoms with Gasteiger partial charge in [-0.1, -0.05) is 90.5 Å². The van der Waals surface area contributed by atoms with Gasteiger partial charge in [0.2, 0.25) is 0 Å². The molecular formula is C29H30ClNO5. The van der Waals surface area contributed by atoms with Crippen molar-refractivity contribution in [2.45, 2.75) is 37.5 Å². The van der Waals surface area contributed by atoms with Crippen LogP contribution in [0.2, 0.25) is 5.02 Å². The van der Waals surface area contributed by atoms with E-state index in [1.54, 1.807) is 0 Å². The molecule has 0 amide bonds. The number of aliphatic carboxylic acids is 2. The molecule has 36 heavy (non-hydrogen) atoms. The van der Waals surface area contributed by atoms with Crippen LogP contribution < -0.4 is 0 Å². The first kappa shape index (κ1) is 25.9. The minimum atomic E-state index is -1.82. The van der Waals surface area contributed by atoms with Gasteiger partial charge in [-0.2, -0.15) is 0 Å². The van der Waals surface area contributed by atoms with Gasteiger partial charge in [-0.15, -0.1) is 0 Å². The molecule has 2 atom stereocenters. The Labute approximate surface area is 216 Å². The van der Waals surface area contributed by atoms with Crippen LogP contribution in [0.5, 0.6) is 0 Å². The second kappa shape index (κ2) is 12.2. The van der Waals surface area contributed by atoms with Gasteiger partial charge < -0.3 is 14.9 Å². The van der Waals surface area contributed by atoms with E-state index in [2.05, 4.69) is 71.6 Å². The van der Waals surface area contributed by atoms with Gasteiger partial charge in [-0.05, 0) is 54.6 Å². The average Bonchev–Trinajstić information content (AvgIpc) is 2.91. The fourth-order valence-electron chi connectivity index (χ4n) is 5.38. The monoisotopic (exact) mass is 507 g/mol. The molecule has 0 saturated carbocycles. The lowest BCUT2D eigenvalue weighted by molar-refractivity contribution is -0.159. The minimum absolute atomic E-state index is 0.203. The predicted molar refractivity (Wildman–Crippen MR) is 138 cm³/mol. The zero-order valence-electron chi connectivity index (χ0n) is 19.9. The van der Waals surface area contributed by atoms with E-state index in [0.717, 1.165) is 23.7 Å². The molecule has 6 nitrogen and oxygen atoms in total. The molecular weight excluding hydrogens is 478 g/mol. The highest BCUT2D eigenvalue weighted by atomic mass is 35.5. The van der Waals surface area contributed by atoms with Gasteiger partial charge in [0.25, 0.3) is 0 Å². The quantitative estimate of drug-likeness (QED) is 0.440. The molecule has 0 aromatic heterocycles. The second-order valence-electron chi connectivity index (χ2n) is 9.14. The summed E-state index contributed by atoms with van der Waals surface area (Å²) in [7, 11) is 0. The molecule has 3 saturated heterocycles. The number of fused-ring (bicyclic) bond motifs is 3. The number of carbonyl (C=O) groups is 2. The van der Waals surface area contributed by atoms with E-state index in [0.29, 0.717) is 24.5 Å². The molecule has 0 unspecified atom stereocenters. The molecule has 3 aromatic carbocycles. The number of benzene rings is 3. The van der Waals surface area contributed by atoms with Crippen molar-refractivity contribution >= 4 is 23.5 Å². The van der Waals surface area contributed by atoms with Crippen molar-refractivity contribution in [2.75, 3.05) is 13.1 Å². The van der Waals surface area contributed by atoms with Crippen LogP contribution in [0.25, 0.3) is 0 Å². The number of ether oxygens (including phenoxy) is 1. The molecule has 2 N–H and O–H groups in total. The Morgan fingerprint density at radius 2 is 1.33 bits per heavy atom. The normalized spacial score (nSPS) is 22.5. The number of hydrogen-bond donors (Lipinski definition) is 2. The Kier molecular flexibility index (Phi) is 8.75. The van der Waals surface area contributed by atoms with E-state index in [1.165, 1.54) is 24.0 Å². The maximum absolute atomic E-state index is 9.10. The van der Waals surface area contributed by atoms with Crippen LogP contribution in [0.3, 0.4) is 0 Å². The van der Waals surface area contributed by atoms with Gasteiger partial charge in [0.15, 0.2) is 0 Å². The van der Waals surface area contributed by atoms with E-state index in [1.807, 2.05) is 18.2 Å². The summed E-state index contributed by atoms with van der Waals surface area (Å²) < 4.78 is 6.69. The van der Waals surface area contributed by atoms with Crippen LogP contribution in [-0.4, -0.2) is 52.3 Å². The topological polar surface area (TPSA) is 87.1 Å². The van der Waals surface area contributed by atoms with Crippen molar-refractivity contribution in [3.8, 4) is 0 Å². The SMILES string of the molecule is Clc1ccccc1CO[C@@H]1C2CCN(CC2)[C@@H]1C(c1ccccc1)c1ccccc1.O=C(O)C(=O)O. The Hall–Kier alpha value is -3.19. The van der Waals surface area contributed by atoms with Gasteiger partial charge in [-0.3, -0.25) is 4.90 Å². The molecule has 3 heterocycles. The lowest BCUT2D eigenvalue weighted by Crippen LogP contribution is -2.60. The first-order valence-electron chi connectivity index (χ1n) is 12.1. The fourth-order valence-corrected chi connectivity index (χ4v) is 5.57. The fraction of sp³-hybridized carbons (Fsp3) is 0.310. The third-order valence-electron chi connectivity index (χ3n) is 7.03. The highest BCUT2D eigenvalue weighted by Gasteiger charge is 2.47. The summed E-state index contributed by atoms with van der Waals surface area (Å²) in [6.07, 6.45) is 2.65. The molecule has 6 rings (SSSR count). The maximum atomic E-state index is 9.10. The number of hydrogen-bond acceptors (Lipinski definition) is 4. The number of piperidine rings is 3. The minimum Gasteiger partial charge on any atom is -0.473 e. The van der Waals surface area contributed by atoms with Crippen molar-refractivity contribution in [3.63, 3.8) is 0 Å². The van der Waals surface area contributed by atoms with Crippen LogP contribution in [0, 0.1) is 5.92 Å². The average molecular weight is 508 g/mol. The van der Waals surface area contributed by atoms with Crippen LogP contribution >= 0.6 is 11.6 Å². The standard InChI is InChI=1S/C27H28ClNO.C2H2O4/c28-24-14-8-7-13-23(24)19-30-27-22-15-17-29(18-16-22)26(27)25(20-9-3-1-4-10-20)21-11-5-2-6-12-21;3-1(4)2(5)6/h1-14,22,25-27H,15-19H2;(H,3,4)(H,5,6)/t26-,27-;/m1./s1. The van der Waals surface area contributed by atoms with E-state index < -0.39 is 11.9 Å². The molecule has 0 aliphatic carbocycles. The highest BCUT2D eigenvalue weighted by molar-refractivity contribution is 6.31. The predicted octanol–water partition coefficient (Wildman–Crippen LogP) is 5.31. The van der Waals surface area contributed by atoms with E-state index in [-0.39, 0.29) is 6.10 Å². The van der Waals surface area contributed by atoms with Gasteiger partial charge >= 0.3 is 11.9 Å². The Morgan fingerprint density at radius 3 is 1.83 bits per heavy atom. The summed E-state index contributed by atoms with van der Waals surface area (Å²) in [4.78, 5) is 20.9. The van der Waals surface area contributed by atoms with Gasteiger partial charge in [-0.25, -0.2) is 9.59 Å². The van der Waals surface area contributed by atoms with Crippen molar-refractivity contribution in [1.29, 1.82) is 0 Å². The van der Waals surface area contributed by atoms with Crippen LogP contribution in [-0.2, 0) is 20.9 Å². The van der Waals surface area contributed by atoms with E-state index >= 15 is 0 Å². The first-order valence-corrected chi connectivity index (χ1v) is 12.5. The number of halogens is 1. The first-order chi connectivity index (χ1) is 17.5. The Bertz CT molecular complexity index is 1100. The van der Waals surface area contributed by atoms with E-state index in [9.17, 15) is 0 Å². The smallest absolute Gasteiger partial charge is 0.414 e. The summed E-state index contributed by atoms with van der Waals surface area (Å²) in [6.45, 7) is 2.90. The second-order valence-corrected chi connectivity index (χ2v) is 9.55.